The van der Waals surface area contributed by atoms with E-state index in [0.717, 1.165) is 15.5 Å². The lowest BCUT2D eigenvalue weighted by molar-refractivity contribution is 0.0161. The summed E-state index contributed by atoms with van der Waals surface area (Å²) in [4.78, 5) is 1.07. The summed E-state index contributed by atoms with van der Waals surface area (Å²) in [5, 5.41) is 9.80. The van der Waals surface area contributed by atoms with Gasteiger partial charge in [-0.1, -0.05) is 23.4 Å². The van der Waals surface area contributed by atoms with Crippen molar-refractivity contribution in [3.8, 4) is 6.07 Å². The van der Waals surface area contributed by atoms with Crippen molar-refractivity contribution in [2.75, 3.05) is 13.2 Å². The fourth-order valence-electron chi connectivity index (χ4n) is 1.34. The first-order chi connectivity index (χ1) is 7.15. The van der Waals surface area contributed by atoms with E-state index in [1.807, 2.05) is 25.1 Å². The van der Waals surface area contributed by atoms with Crippen LogP contribution in [-0.4, -0.2) is 18.0 Å². The van der Waals surface area contributed by atoms with Gasteiger partial charge in [0, 0.05) is 9.92 Å². The summed E-state index contributed by atoms with van der Waals surface area (Å²) < 4.78 is 4.70. The molecule has 1 fully saturated rings. The number of halogens is 1. The number of thioether (sulfide) groups is 1. The highest BCUT2D eigenvalue weighted by molar-refractivity contribution is 8.01. The van der Waals surface area contributed by atoms with Crippen LogP contribution in [0.5, 0.6) is 0 Å². The van der Waals surface area contributed by atoms with E-state index in [0.29, 0.717) is 13.2 Å². The summed E-state index contributed by atoms with van der Waals surface area (Å²) in [6.45, 7) is 2.98. The number of ether oxygens (including phenoxy) is 1. The van der Waals surface area contributed by atoms with Crippen molar-refractivity contribution in [1.82, 2.24) is 0 Å². The van der Waals surface area contributed by atoms with E-state index < -0.39 is 0 Å². The lowest BCUT2D eigenvalue weighted by atomic mass is 10.1. The maximum absolute atomic E-state index is 9.04. The fourth-order valence-corrected chi connectivity index (χ4v) is 2.61. The molecule has 2 rings (SSSR count). The fraction of sp³-hybridized carbons (Fsp3) is 0.364. The quantitative estimate of drug-likeness (QED) is 0.795. The Hall–Kier alpha value is -0.690. The highest BCUT2D eigenvalue weighted by atomic mass is 35.5. The van der Waals surface area contributed by atoms with Crippen LogP contribution in [0.15, 0.2) is 23.1 Å². The maximum atomic E-state index is 9.04. The lowest BCUT2D eigenvalue weighted by Crippen LogP contribution is -2.45. The van der Waals surface area contributed by atoms with Crippen molar-refractivity contribution < 1.29 is 4.74 Å². The molecule has 0 spiro atoms. The summed E-state index contributed by atoms with van der Waals surface area (Å²) in [5.74, 6) is 0. The van der Waals surface area contributed by atoms with Gasteiger partial charge in [-0.3, -0.25) is 0 Å². The second-order valence-corrected chi connectivity index (χ2v) is 5.48. The zero-order valence-electron chi connectivity index (χ0n) is 8.29. The molecule has 0 saturated carbocycles. The first-order valence-corrected chi connectivity index (χ1v) is 5.79. The molecule has 0 amide bonds. The van der Waals surface area contributed by atoms with E-state index >= 15 is 0 Å². The van der Waals surface area contributed by atoms with Gasteiger partial charge in [-0.2, -0.15) is 5.26 Å². The molecule has 0 radical (unpaired) electrons. The van der Waals surface area contributed by atoms with Gasteiger partial charge in [0.25, 0.3) is 0 Å². The Labute approximate surface area is 98.2 Å². The Morgan fingerprint density at radius 3 is 2.73 bits per heavy atom. The van der Waals surface area contributed by atoms with Crippen LogP contribution in [0.2, 0.25) is 5.02 Å². The van der Waals surface area contributed by atoms with E-state index in [1.54, 1.807) is 11.8 Å². The Morgan fingerprint density at radius 2 is 2.27 bits per heavy atom. The third kappa shape index (κ3) is 2.12. The SMILES string of the molecule is Cc1cc(SC2(C#N)COC2)ccc1Cl. The molecule has 1 aliphatic rings. The summed E-state index contributed by atoms with van der Waals surface area (Å²) in [5.41, 5.74) is 1.04. The zero-order chi connectivity index (χ0) is 10.9. The molecule has 0 unspecified atom stereocenters. The standard InChI is InChI=1S/C11H10ClNOS/c1-8-4-9(2-3-10(8)12)15-11(5-13)6-14-7-11/h2-4H,6-7H2,1H3. The molecule has 1 heterocycles. The predicted molar refractivity (Wildman–Crippen MR) is 61.2 cm³/mol. The smallest absolute Gasteiger partial charge is 0.153 e. The second-order valence-electron chi connectivity index (χ2n) is 3.61. The average molecular weight is 240 g/mol. The highest BCUT2D eigenvalue weighted by Crippen LogP contribution is 2.39. The van der Waals surface area contributed by atoms with Crippen molar-refractivity contribution >= 4 is 23.4 Å². The highest BCUT2D eigenvalue weighted by Gasteiger charge is 2.40. The third-order valence-corrected chi connectivity index (χ3v) is 3.95. The summed E-state index contributed by atoms with van der Waals surface area (Å²) in [6.07, 6.45) is 0. The molecule has 15 heavy (non-hydrogen) atoms. The minimum atomic E-state index is -0.389. The molecule has 0 aromatic heterocycles. The number of hydrogen-bond acceptors (Lipinski definition) is 3. The maximum Gasteiger partial charge on any atom is 0.153 e. The predicted octanol–water partition coefficient (Wildman–Crippen LogP) is 3.03. The molecule has 1 saturated heterocycles. The number of hydrogen-bond donors (Lipinski definition) is 0. The van der Waals surface area contributed by atoms with Crippen molar-refractivity contribution in [3.63, 3.8) is 0 Å². The number of benzene rings is 1. The minimum Gasteiger partial charge on any atom is -0.376 e. The van der Waals surface area contributed by atoms with Crippen molar-refractivity contribution in [2.45, 2.75) is 16.6 Å². The summed E-state index contributed by atoms with van der Waals surface area (Å²) in [6, 6.07) is 8.11. The molecule has 0 atom stereocenters. The first-order valence-electron chi connectivity index (χ1n) is 4.59. The summed E-state index contributed by atoms with van der Waals surface area (Å²) in [7, 11) is 0. The number of rotatable bonds is 2. The molecular weight excluding hydrogens is 230 g/mol. The second kappa shape index (κ2) is 4.05. The van der Waals surface area contributed by atoms with Crippen LogP contribution >= 0.6 is 23.4 Å². The first kappa shape index (κ1) is 10.8. The van der Waals surface area contributed by atoms with Gasteiger partial charge in [-0.05, 0) is 30.7 Å². The van der Waals surface area contributed by atoms with Crippen LogP contribution in [0.25, 0.3) is 0 Å². The zero-order valence-corrected chi connectivity index (χ0v) is 9.86. The number of aryl methyl sites for hydroxylation is 1. The number of nitrogens with zero attached hydrogens (tertiary/aromatic N) is 1. The molecule has 78 valence electrons. The van der Waals surface area contributed by atoms with Crippen molar-refractivity contribution in [3.05, 3.63) is 28.8 Å². The largest absolute Gasteiger partial charge is 0.376 e. The molecular formula is C11H10ClNOS. The van der Waals surface area contributed by atoms with E-state index in [9.17, 15) is 0 Å². The molecule has 1 aromatic rings. The normalized spacial score (nSPS) is 17.9. The molecule has 4 heteroatoms. The Morgan fingerprint density at radius 1 is 1.53 bits per heavy atom. The number of nitriles is 1. The van der Waals surface area contributed by atoms with Crippen LogP contribution in [0, 0.1) is 18.3 Å². The minimum absolute atomic E-state index is 0.389. The Balaban J connectivity index is 2.18. The Bertz CT molecular complexity index is 423. The average Bonchev–Trinajstić information content (AvgIpc) is 2.17. The molecule has 0 bridgehead atoms. The molecule has 1 aliphatic heterocycles. The van der Waals surface area contributed by atoms with Crippen molar-refractivity contribution in [1.29, 1.82) is 5.26 Å². The lowest BCUT2D eigenvalue weighted by Gasteiger charge is -2.34. The van der Waals surface area contributed by atoms with Gasteiger partial charge in [-0.15, -0.1) is 0 Å². The van der Waals surface area contributed by atoms with Crippen molar-refractivity contribution in [2.24, 2.45) is 0 Å². The molecule has 0 aliphatic carbocycles. The van der Waals surface area contributed by atoms with Gasteiger partial charge in [0.1, 0.15) is 0 Å². The molecule has 1 aromatic carbocycles. The van der Waals surface area contributed by atoms with Crippen LogP contribution in [0.3, 0.4) is 0 Å². The summed E-state index contributed by atoms with van der Waals surface area (Å²) >= 11 is 7.49. The third-order valence-electron chi connectivity index (χ3n) is 2.32. The van der Waals surface area contributed by atoms with Crippen LogP contribution < -0.4 is 0 Å². The van der Waals surface area contributed by atoms with E-state index in [4.69, 9.17) is 21.6 Å². The van der Waals surface area contributed by atoms with Crippen LogP contribution in [0.1, 0.15) is 5.56 Å². The van der Waals surface area contributed by atoms with Gasteiger partial charge in [0.15, 0.2) is 4.75 Å². The molecule has 2 nitrogen and oxygen atoms in total. The van der Waals surface area contributed by atoms with Crippen LogP contribution in [0.4, 0.5) is 0 Å². The van der Waals surface area contributed by atoms with Gasteiger partial charge in [-0.25, -0.2) is 0 Å². The van der Waals surface area contributed by atoms with Crippen LogP contribution in [-0.2, 0) is 4.74 Å². The van der Waals surface area contributed by atoms with E-state index in [2.05, 4.69) is 6.07 Å². The van der Waals surface area contributed by atoms with Gasteiger partial charge in [0.2, 0.25) is 0 Å². The van der Waals surface area contributed by atoms with E-state index in [-0.39, 0.29) is 4.75 Å². The van der Waals surface area contributed by atoms with Gasteiger partial charge < -0.3 is 4.74 Å². The van der Waals surface area contributed by atoms with E-state index in [1.165, 1.54) is 0 Å². The van der Waals surface area contributed by atoms with Gasteiger partial charge in [0.05, 0.1) is 19.3 Å². The monoisotopic (exact) mass is 239 g/mol. The molecule has 0 N–H and O–H groups in total. The van der Waals surface area contributed by atoms with Gasteiger partial charge >= 0.3 is 0 Å². The topological polar surface area (TPSA) is 33.0 Å². The Kier molecular flexibility index (Phi) is 2.92.